The largest absolute Gasteiger partial charge is 0.490 e. The van der Waals surface area contributed by atoms with Crippen LogP contribution in [0.1, 0.15) is 36.2 Å². The number of hydrogen-bond acceptors (Lipinski definition) is 5. The number of nitrogens with two attached hydrogens (primary N) is 1. The van der Waals surface area contributed by atoms with Crippen LogP contribution in [0.5, 0.6) is 5.75 Å². The Kier molecular flexibility index (Phi) is 6.86. The fourth-order valence-corrected chi connectivity index (χ4v) is 5.28. The highest BCUT2D eigenvalue weighted by molar-refractivity contribution is 6.00. The number of aromatic nitrogens is 2. The summed E-state index contributed by atoms with van der Waals surface area (Å²) in [5.41, 5.74) is 8.06. The Labute approximate surface area is 215 Å². The fourth-order valence-electron chi connectivity index (χ4n) is 5.28. The number of ether oxygens (including phenoxy) is 1. The number of rotatable bonds is 8. The number of benzene rings is 3. The van der Waals surface area contributed by atoms with Crippen LogP contribution in [0.4, 0.5) is 0 Å². The number of nitrogens with one attached hydrogen (secondary N) is 1. The van der Waals surface area contributed by atoms with Crippen molar-refractivity contribution in [1.29, 1.82) is 0 Å². The van der Waals surface area contributed by atoms with Crippen LogP contribution in [0.2, 0.25) is 0 Å². The van der Waals surface area contributed by atoms with Crippen molar-refractivity contribution in [1.82, 2.24) is 14.5 Å². The Hall–Kier alpha value is -3.88. The van der Waals surface area contributed by atoms with Gasteiger partial charge in [-0.15, -0.1) is 0 Å². The number of H-pyrrole nitrogens is 1. The summed E-state index contributed by atoms with van der Waals surface area (Å²) in [6.45, 7) is 3.85. The minimum atomic E-state index is -1.10. The second kappa shape index (κ2) is 10.2. The van der Waals surface area contributed by atoms with Crippen LogP contribution in [-0.4, -0.2) is 57.3 Å². The molecular formula is C29H32N4O4. The van der Waals surface area contributed by atoms with Gasteiger partial charge in [0.15, 0.2) is 0 Å². The van der Waals surface area contributed by atoms with Gasteiger partial charge in [-0.3, -0.25) is 9.36 Å². The van der Waals surface area contributed by atoms with E-state index in [-0.39, 0.29) is 18.3 Å². The molecule has 1 fully saturated rings. The van der Waals surface area contributed by atoms with Crippen LogP contribution >= 0.6 is 0 Å². The van der Waals surface area contributed by atoms with E-state index >= 15 is 0 Å². The first-order valence-electron chi connectivity index (χ1n) is 12.6. The molecule has 0 spiro atoms. The molecule has 1 atom stereocenters. The highest BCUT2D eigenvalue weighted by Gasteiger charge is 2.30. The number of likely N-dealkylation sites (tertiary alicyclic amines) is 1. The summed E-state index contributed by atoms with van der Waals surface area (Å²) in [7, 11) is 0. The second-order valence-electron chi connectivity index (χ2n) is 10.0. The first-order valence-corrected chi connectivity index (χ1v) is 12.6. The number of primary amides is 1. The van der Waals surface area contributed by atoms with E-state index in [0.717, 1.165) is 42.5 Å². The standard InChI is InChI=1S/C29H32N4O4/c1-29(36,19-37-26-13-7-4-9-22(26)21-8-2-3-10-23(21)27(30)34)18-32-16-14-20(15-17-32)33-25-12-6-5-11-24(25)31-28(33)35/h2-13,20,36H,14-19H2,1H3,(H2,30,34)(H,31,35). The summed E-state index contributed by atoms with van der Waals surface area (Å²) < 4.78 is 7.97. The normalized spacial score (nSPS) is 16.5. The SMILES string of the molecule is CC(O)(COc1ccccc1-c1ccccc1C(N)=O)CN1CCC(n2c(=O)[nH]c3ccccc32)CC1. The third kappa shape index (κ3) is 5.30. The maximum Gasteiger partial charge on any atom is 0.326 e. The van der Waals surface area contributed by atoms with Gasteiger partial charge >= 0.3 is 5.69 Å². The van der Waals surface area contributed by atoms with E-state index in [9.17, 15) is 14.7 Å². The van der Waals surface area contributed by atoms with E-state index in [0.29, 0.717) is 23.4 Å². The highest BCUT2D eigenvalue weighted by Crippen LogP contribution is 2.33. The van der Waals surface area contributed by atoms with Crippen molar-refractivity contribution in [3.63, 3.8) is 0 Å². The third-order valence-corrected chi connectivity index (χ3v) is 7.02. The zero-order valence-electron chi connectivity index (χ0n) is 20.9. The molecule has 1 aliphatic heterocycles. The number of aromatic amines is 1. The molecule has 1 aliphatic rings. The molecule has 1 amide bonds. The zero-order valence-corrected chi connectivity index (χ0v) is 20.9. The predicted octanol–water partition coefficient (Wildman–Crippen LogP) is 3.56. The molecule has 4 N–H and O–H groups in total. The molecule has 1 unspecified atom stereocenters. The number of amides is 1. The van der Waals surface area contributed by atoms with Crippen LogP contribution in [0, 0.1) is 0 Å². The molecule has 8 heteroatoms. The van der Waals surface area contributed by atoms with Crippen LogP contribution in [0.15, 0.2) is 77.6 Å². The molecule has 2 heterocycles. The number of hydrogen-bond donors (Lipinski definition) is 3. The van der Waals surface area contributed by atoms with Crippen molar-refractivity contribution in [3.8, 4) is 16.9 Å². The van der Waals surface area contributed by atoms with Gasteiger partial charge in [-0.25, -0.2) is 4.79 Å². The third-order valence-electron chi connectivity index (χ3n) is 7.02. The molecule has 8 nitrogen and oxygen atoms in total. The van der Waals surface area contributed by atoms with E-state index in [1.165, 1.54) is 0 Å². The van der Waals surface area contributed by atoms with E-state index in [2.05, 4.69) is 9.88 Å². The molecule has 1 saturated heterocycles. The van der Waals surface area contributed by atoms with Gasteiger partial charge in [0, 0.05) is 36.8 Å². The monoisotopic (exact) mass is 500 g/mol. The number of carbonyl (C=O) groups excluding carboxylic acids is 1. The van der Waals surface area contributed by atoms with Gasteiger partial charge in [0.2, 0.25) is 5.91 Å². The van der Waals surface area contributed by atoms with Crippen molar-refractivity contribution in [3.05, 3.63) is 88.8 Å². The second-order valence-corrected chi connectivity index (χ2v) is 10.0. The van der Waals surface area contributed by atoms with Crippen molar-refractivity contribution in [2.75, 3.05) is 26.2 Å². The Morgan fingerprint density at radius 2 is 1.68 bits per heavy atom. The minimum absolute atomic E-state index is 0.0726. The summed E-state index contributed by atoms with van der Waals surface area (Å²) in [6.07, 6.45) is 1.65. The number of para-hydroxylation sites is 3. The van der Waals surface area contributed by atoms with Crippen molar-refractivity contribution < 1.29 is 14.6 Å². The van der Waals surface area contributed by atoms with Gasteiger partial charge < -0.3 is 25.5 Å². The number of aliphatic hydroxyl groups is 1. The maximum absolute atomic E-state index is 12.6. The number of fused-ring (bicyclic) bond motifs is 1. The Morgan fingerprint density at radius 3 is 2.43 bits per heavy atom. The molecule has 0 bridgehead atoms. The molecule has 37 heavy (non-hydrogen) atoms. The smallest absolute Gasteiger partial charge is 0.326 e. The molecule has 5 rings (SSSR count). The molecular weight excluding hydrogens is 468 g/mol. The van der Waals surface area contributed by atoms with Crippen molar-refractivity contribution >= 4 is 16.9 Å². The van der Waals surface area contributed by atoms with E-state index in [1.54, 1.807) is 19.1 Å². The molecule has 4 aromatic rings. The summed E-state index contributed by atoms with van der Waals surface area (Å²) in [5.74, 6) is 0.0737. The van der Waals surface area contributed by atoms with E-state index < -0.39 is 11.5 Å². The van der Waals surface area contributed by atoms with Crippen LogP contribution in [-0.2, 0) is 0 Å². The molecule has 3 aromatic carbocycles. The van der Waals surface area contributed by atoms with E-state index in [1.807, 2.05) is 65.2 Å². The summed E-state index contributed by atoms with van der Waals surface area (Å²) >= 11 is 0. The average Bonchev–Trinajstić information content (AvgIpc) is 3.23. The molecule has 0 saturated carbocycles. The lowest BCUT2D eigenvalue weighted by atomic mass is 9.98. The number of imidazole rings is 1. The number of β-amino-alcohol motifs (C(OH)–C–C–N with tert-alkyl or cyclic N) is 1. The zero-order chi connectivity index (χ0) is 26.0. The molecule has 192 valence electrons. The number of piperidine rings is 1. The summed E-state index contributed by atoms with van der Waals surface area (Å²) in [5, 5.41) is 11.2. The van der Waals surface area contributed by atoms with Gasteiger partial charge in [-0.05, 0) is 49.6 Å². The quantitative estimate of drug-likeness (QED) is 0.342. The van der Waals surface area contributed by atoms with Gasteiger partial charge in [0.05, 0.1) is 11.0 Å². The molecule has 1 aromatic heterocycles. The minimum Gasteiger partial charge on any atom is -0.490 e. The lowest BCUT2D eigenvalue weighted by molar-refractivity contribution is -0.0234. The topological polar surface area (TPSA) is 114 Å². The fraction of sp³-hybridized carbons (Fsp3) is 0.310. The van der Waals surface area contributed by atoms with Gasteiger partial charge in [0.25, 0.3) is 0 Å². The lowest BCUT2D eigenvalue weighted by Gasteiger charge is -2.36. The molecule has 0 aliphatic carbocycles. The first kappa shape index (κ1) is 24.8. The Bertz CT molecular complexity index is 1460. The van der Waals surface area contributed by atoms with Crippen LogP contribution < -0.4 is 16.2 Å². The summed E-state index contributed by atoms with van der Waals surface area (Å²) in [6, 6.07) is 22.5. The Morgan fingerprint density at radius 1 is 1.03 bits per heavy atom. The first-order chi connectivity index (χ1) is 17.8. The average molecular weight is 501 g/mol. The summed E-state index contributed by atoms with van der Waals surface area (Å²) in [4.78, 5) is 29.7. The van der Waals surface area contributed by atoms with Crippen LogP contribution in [0.3, 0.4) is 0 Å². The molecule has 0 radical (unpaired) electrons. The number of nitrogens with zero attached hydrogens (tertiary/aromatic N) is 2. The lowest BCUT2D eigenvalue weighted by Crippen LogP contribution is -2.48. The highest BCUT2D eigenvalue weighted by atomic mass is 16.5. The maximum atomic E-state index is 12.6. The predicted molar refractivity (Wildman–Crippen MR) is 144 cm³/mol. The van der Waals surface area contributed by atoms with Crippen LogP contribution in [0.25, 0.3) is 22.2 Å². The van der Waals surface area contributed by atoms with Gasteiger partial charge in [-0.1, -0.05) is 48.5 Å². The van der Waals surface area contributed by atoms with Gasteiger partial charge in [0.1, 0.15) is 18.0 Å². The van der Waals surface area contributed by atoms with Crippen molar-refractivity contribution in [2.45, 2.75) is 31.4 Å². The van der Waals surface area contributed by atoms with Gasteiger partial charge in [-0.2, -0.15) is 0 Å². The van der Waals surface area contributed by atoms with Crippen molar-refractivity contribution in [2.24, 2.45) is 5.73 Å². The Balaban J connectivity index is 1.23. The number of carbonyl (C=O) groups is 1. The van der Waals surface area contributed by atoms with E-state index in [4.69, 9.17) is 10.5 Å².